The quantitative estimate of drug-likeness (QED) is 0.246. The summed E-state index contributed by atoms with van der Waals surface area (Å²) in [6.07, 6.45) is 6.14. The Morgan fingerprint density at radius 2 is 1.11 bits per heavy atom. The first-order chi connectivity index (χ1) is 22.1. The summed E-state index contributed by atoms with van der Waals surface area (Å²) in [4.78, 5) is 70.9. The number of H-pyrrole nitrogens is 2. The van der Waals surface area contributed by atoms with E-state index in [0.29, 0.717) is 38.8 Å². The Kier molecular flexibility index (Phi) is 6.49. The van der Waals surface area contributed by atoms with Gasteiger partial charge in [-0.3, -0.25) is 19.2 Å². The van der Waals surface area contributed by atoms with Crippen LogP contribution in [0.1, 0.15) is 88.9 Å². The molecule has 2 saturated carbocycles. The number of nitrogens with zero attached hydrogens (tertiary/aromatic N) is 4. The number of carbonyl (C=O) groups excluding carboxylic acids is 4. The van der Waals surface area contributed by atoms with Crippen molar-refractivity contribution in [3.8, 4) is 11.1 Å². The minimum absolute atomic E-state index is 0.0112. The number of likely N-dealkylation sites (tertiary alicyclic amines) is 2. The fraction of sp³-hybridized carbons (Fsp3) is 0.471. The van der Waals surface area contributed by atoms with Gasteiger partial charge in [0, 0.05) is 26.9 Å². The minimum atomic E-state index is -0.754. The normalized spacial score (nSPS) is 22.7. The second-order valence-electron chi connectivity index (χ2n) is 13.5. The topological polar surface area (TPSA) is 156 Å². The highest BCUT2D eigenvalue weighted by atomic mass is 16.2. The largest absolute Gasteiger partial charge is 0.342 e. The average Bonchev–Trinajstić information content (AvgIpc) is 3.62. The third-order valence-corrected chi connectivity index (χ3v) is 10.1. The van der Waals surface area contributed by atoms with E-state index in [1.807, 2.05) is 21.9 Å². The predicted octanol–water partition coefficient (Wildman–Crippen LogP) is 3.77. The number of amides is 4. The van der Waals surface area contributed by atoms with Gasteiger partial charge in [0.1, 0.15) is 22.7 Å². The second-order valence-corrected chi connectivity index (χ2v) is 13.5. The van der Waals surface area contributed by atoms with Crippen molar-refractivity contribution in [2.24, 2.45) is 0 Å². The highest BCUT2D eigenvalue weighted by molar-refractivity contribution is 5.95. The van der Waals surface area contributed by atoms with E-state index in [-0.39, 0.29) is 35.7 Å². The van der Waals surface area contributed by atoms with Crippen molar-refractivity contribution in [2.75, 3.05) is 13.1 Å². The molecule has 4 N–H and O–H groups in total. The molecule has 238 valence electrons. The van der Waals surface area contributed by atoms with Crippen LogP contribution in [0.25, 0.3) is 33.2 Å². The van der Waals surface area contributed by atoms with Crippen LogP contribution in [0.2, 0.25) is 0 Å². The van der Waals surface area contributed by atoms with E-state index in [1.165, 1.54) is 13.8 Å². The van der Waals surface area contributed by atoms with Gasteiger partial charge in [0.2, 0.25) is 23.6 Å². The Morgan fingerprint density at radius 1 is 0.696 bits per heavy atom. The molecule has 2 aromatic heterocycles. The Morgan fingerprint density at radius 3 is 1.48 bits per heavy atom. The molecule has 4 aromatic rings. The predicted molar refractivity (Wildman–Crippen MR) is 170 cm³/mol. The molecule has 2 aliphatic carbocycles. The van der Waals surface area contributed by atoms with E-state index in [1.54, 1.807) is 0 Å². The SMILES string of the molecule is CC(=O)NC1(C(=O)N2CCC[C@H]2c2nc3cc(-c4ccc5[nH]c([C@@H]6CCCN6C(=O)C6(NC(C)=O)CC6)nc5c4)ccc3[nH]2)CC1. The third kappa shape index (κ3) is 4.81. The molecule has 4 amide bonds. The molecule has 0 bridgehead atoms. The molecule has 0 unspecified atom stereocenters. The average molecular weight is 623 g/mol. The van der Waals surface area contributed by atoms with E-state index in [9.17, 15) is 19.2 Å². The van der Waals surface area contributed by atoms with E-state index < -0.39 is 11.1 Å². The van der Waals surface area contributed by atoms with Crippen molar-refractivity contribution in [3.05, 3.63) is 48.0 Å². The van der Waals surface area contributed by atoms with Gasteiger partial charge in [0.25, 0.3) is 0 Å². The van der Waals surface area contributed by atoms with Gasteiger partial charge in [-0.25, -0.2) is 9.97 Å². The number of carbonyl (C=O) groups is 4. The molecule has 2 saturated heterocycles. The molecule has 46 heavy (non-hydrogen) atoms. The van der Waals surface area contributed by atoms with Crippen molar-refractivity contribution in [2.45, 2.75) is 88.4 Å². The molecule has 4 heterocycles. The molecule has 8 rings (SSSR count). The molecule has 0 spiro atoms. The fourth-order valence-electron chi connectivity index (χ4n) is 7.57. The first-order valence-electron chi connectivity index (χ1n) is 16.3. The van der Waals surface area contributed by atoms with Gasteiger partial charge in [-0.05, 0) is 86.8 Å². The summed E-state index contributed by atoms with van der Waals surface area (Å²) in [7, 11) is 0. The summed E-state index contributed by atoms with van der Waals surface area (Å²) in [6, 6.07) is 12.0. The van der Waals surface area contributed by atoms with E-state index in [2.05, 4.69) is 44.9 Å². The Labute approximate surface area is 265 Å². The lowest BCUT2D eigenvalue weighted by Crippen LogP contribution is -2.50. The van der Waals surface area contributed by atoms with Gasteiger partial charge < -0.3 is 30.4 Å². The maximum absolute atomic E-state index is 13.5. The zero-order valence-electron chi connectivity index (χ0n) is 26.1. The van der Waals surface area contributed by atoms with Crippen molar-refractivity contribution in [1.29, 1.82) is 0 Å². The molecular formula is C34H38N8O4. The summed E-state index contributed by atoms with van der Waals surface area (Å²) in [6.45, 7) is 4.23. The molecule has 12 nitrogen and oxygen atoms in total. The minimum Gasteiger partial charge on any atom is -0.342 e. The lowest BCUT2D eigenvalue weighted by atomic mass is 10.0. The van der Waals surface area contributed by atoms with Crippen LogP contribution in [0, 0.1) is 0 Å². The van der Waals surface area contributed by atoms with Crippen LogP contribution in [0.15, 0.2) is 36.4 Å². The van der Waals surface area contributed by atoms with Gasteiger partial charge in [0.15, 0.2) is 0 Å². The van der Waals surface area contributed by atoms with E-state index in [4.69, 9.17) is 9.97 Å². The number of nitrogens with one attached hydrogen (secondary N) is 4. The molecule has 4 fully saturated rings. The monoisotopic (exact) mass is 622 g/mol. The Bertz CT molecular complexity index is 1780. The molecular weight excluding hydrogens is 584 g/mol. The van der Waals surface area contributed by atoms with Crippen LogP contribution in [0.4, 0.5) is 0 Å². The van der Waals surface area contributed by atoms with Gasteiger partial charge in [-0.2, -0.15) is 0 Å². The van der Waals surface area contributed by atoms with Gasteiger partial charge in [-0.1, -0.05) is 12.1 Å². The van der Waals surface area contributed by atoms with Crippen LogP contribution in [0.3, 0.4) is 0 Å². The van der Waals surface area contributed by atoms with E-state index in [0.717, 1.165) is 70.5 Å². The zero-order chi connectivity index (χ0) is 31.8. The van der Waals surface area contributed by atoms with E-state index >= 15 is 0 Å². The first kappa shape index (κ1) is 28.7. The highest BCUT2D eigenvalue weighted by Crippen LogP contribution is 2.43. The smallest absolute Gasteiger partial charge is 0.248 e. The maximum Gasteiger partial charge on any atom is 0.248 e. The number of rotatable bonds is 7. The maximum atomic E-state index is 13.5. The highest BCUT2D eigenvalue weighted by Gasteiger charge is 2.55. The van der Waals surface area contributed by atoms with Crippen molar-refractivity contribution < 1.29 is 19.2 Å². The Balaban J connectivity index is 1.03. The van der Waals surface area contributed by atoms with Crippen molar-refractivity contribution in [3.63, 3.8) is 0 Å². The van der Waals surface area contributed by atoms with Crippen LogP contribution in [0.5, 0.6) is 0 Å². The molecule has 2 aliphatic heterocycles. The third-order valence-electron chi connectivity index (χ3n) is 10.1. The van der Waals surface area contributed by atoms with Gasteiger partial charge >= 0.3 is 0 Å². The number of benzene rings is 2. The summed E-state index contributed by atoms with van der Waals surface area (Å²) in [5.74, 6) is 1.16. The van der Waals surface area contributed by atoms with Crippen molar-refractivity contribution in [1.82, 2.24) is 40.4 Å². The number of imidazole rings is 2. The molecule has 2 atom stereocenters. The molecule has 12 heteroatoms. The van der Waals surface area contributed by atoms with Crippen molar-refractivity contribution >= 4 is 45.7 Å². The van der Waals surface area contributed by atoms with Crippen LogP contribution in [-0.2, 0) is 19.2 Å². The van der Waals surface area contributed by atoms with Gasteiger partial charge in [0.05, 0.1) is 34.2 Å². The van der Waals surface area contributed by atoms with Crippen LogP contribution >= 0.6 is 0 Å². The number of aromatic amines is 2. The zero-order valence-corrected chi connectivity index (χ0v) is 26.1. The van der Waals surface area contributed by atoms with Crippen LogP contribution < -0.4 is 10.6 Å². The van der Waals surface area contributed by atoms with Gasteiger partial charge in [-0.15, -0.1) is 0 Å². The Hall–Kier alpha value is -4.74. The standard InChI is InChI=1S/C34H38N8O4/c1-19(43)39-33(11-12-33)31(45)41-15-3-5-27(41)29-35-23-9-7-21(17-25(23)37-29)22-8-10-24-26(18-22)38-30(36-24)28-6-4-16-42(28)32(46)34(13-14-34)40-20(2)44/h7-10,17-18,27-28H,3-6,11-16H2,1-2H3,(H,35,37)(H,36,38)(H,39,43)(H,40,44)/t27-,28-/m0/s1. The summed E-state index contributed by atoms with van der Waals surface area (Å²) >= 11 is 0. The number of hydrogen-bond acceptors (Lipinski definition) is 6. The lowest BCUT2D eigenvalue weighted by molar-refractivity contribution is -0.138. The summed E-state index contributed by atoms with van der Waals surface area (Å²) in [5, 5.41) is 5.77. The number of aromatic nitrogens is 4. The molecule has 4 aliphatic rings. The number of hydrogen-bond donors (Lipinski definition) is 4. The molecule has 0 radical (unpaired) electrons. The fourth-order valence-corrected chi connectivity index (χ4v) is 7.57. The summed E-state index contributed by atoms with van der Waals surface area (Å²) < 4.78 is 0. The first-order valence-corrected chi connectivity index (χ1v) is 16.3. The summed E-state index contributed by atoms with van der Waals surface area (Å²) in [5.41, 5.74) is 3.96. The second kappa shape index (κ2) is 10.4. The number of fused-ring (bicyclic) bond motifs is 2. The van der Waals surface area contributed by atoms with Crippen LogP contribution in [-0.4, -0.2) is 77.5 Å². The lowest BCUT2D eigenvalue weighted by Gasteiger charge is -2.28. The molecule has 2 aromatic carbocycles.